The first-order valence-electron chi connectivity index (χ1n) is 7.45. The molecular formula is C15H22N4O. The van der Waals surface area contributed by atoms with Crippen molar-refractivity contribution in [2.24, 2.45) is 11.8 Å². The van der Waals surface area contributed by atoms with Gasteiger partial charge in [0.05, 0.1) is 11.3 Å². The molecule has 108 valence electrons. The smallest absolute Gasteiger partial charge is 0.257 e. The number of hydrogen-bond donors (Lipinski definition) is 2. The Morgan fingerprint density at radius 1 is 1.40 bits per heavy atom. The molecule has 20 heavy (non-hydrogen) atoms. The van der Waals surface area contributed by atoms with Gasteiger partial charge < -0.3 is 10.3 Å². The van der Waals surface area contributed by atoms with Crippen molar-refractivity contribution in [3.8, 4) is 0 Å². The number of aromatic nitrogens is 1. The Bertz CT molecular complexity index is 517. The van der Waals surface area contributed by atoms with Crippen LogP contribution in [0.2, 0.25) is 0 Å². The van der Waals surface area contributed by atoms with Gasteiger partial charge in [0.15, 0.2) is 0 Å². The molecule has 2 aliphatic rings. The number of carbonyl (C=O) groups is 1. The van der Waals surface area contributed by atoms with Gasteiger partial charge in [-0.2, -0.15) is 0 Å². The summed E-state index contributed by atoms with van der Waals surface area (Å²) in [5.41, 5.74) is 4.74. The van der Waals surface area contributed by atoms with Crippen molar-refractivity contribution in [3.63, 3.8) is 0 Å². The monoisotopic (exact) mass is 274 g/mol. The predicted octanol–water partition coefficient (Wildman–Crippen LogP) is 2.08. The van der Waals surface area contributed by atoms with Crippen LogP contribution in [-0.2, 0) is 0 Å². The molecule has 3 N–H and O–H groups in total. The van der Waals surface area contributed by atoms with E-state index in [0.29, 0.717) is 23.2 Å². The lowest BCUT2D eigenvalue weighted by Gasteiger charge is -2.38. The number of fused-ring (bicyclic) bond motifs is 1. The molecule has 1 saturated heterocycles. The molecule has 0 radical (unpaired) electrons. The summed E-state index contributed by atoms with van der Waals surface area (Å²) in [4.78, 5) is 19.1. The molecule has 1 aliphatic heterocycles. The molecule has 0 bridgehead atoms. The highest BCUT2D eigenvalue weighted by Gasteiger charge is 2.38. The number of carbonyl (C=O) groups excluding carboxylic acids is 1. The van der Waals surface area contributed by atoms with E-state index in [0.717, 1.165) is 25.1 Å². The molecule has 2 atom stereocenters. The molecule has 1 saturated carbocycles. The van der Waals surface area contributed by atoms with Crippen LogP contribution < -0.4 is 11.3 Å². The second-order valence-electron chi connectivity index (χ2n) is 5.91. The van der Waals surface area contributed by atoms with E-state index in [2.05, 4.69) is 10.4 Å². The standard InChI is InChI=1S/C15H22N4O/c1-10-8-13(18-16)12(9-17-10)15(20)19-7-3-5-11-4-2-6-14(11)19/h8-9,11,14H,2-7,16H2,1H3,(H,17,18). The van der Waals surface area contributed by atoms with Gasteiger partial charge in [-0.25, -0.2) is 0 Å². The summed E-state index contributed by atoms with van der Waals surface area (Å²) in [6.45, 7) is 2.75. The Kier molecular flexibility index (Phi) is 3.61. The summed E-state index contributed by atoms with van der Waals surface area (Å²) in [5.74, 6) is 6.31. The number of pyridine rings is 1. The highest BCUT2D eigenvalue weighted by Crippen LogP contribution is 2.37. The Labute approximate surface area is 119 Å². The lowest BCUT2D eigenvalue weighted by atomic mass is 9.91. The number of likely N-dealkylation sites (tertiary alicyclic amines) is 1. The van der Waals surface area contributed by atoms with E-state index in [9.17, 15) is 4.79 Å². The minimum absolute atomic E-state index is 0.0713. The van der Waals surface area contributed by atoms with E-state index in [1.54, 1.807) is 6.20 Å². The molecule has 3 rings (SSSR count). The van der Waals surface area contributed by atoms with Crippen LogP contribution >= 0.6 is 0 Å². The number of nitrogens with one attached hydrogen (secondary N) is 1. The number of hydrogen-bond acceptors (Lipinski definition) is 4. The van der Waals surface area contributed by atoms with E-state index >= 15 is 0 Å². The Hall–Kier alpha value is -1.62. The first kappa shape index (κ1) is 13.4. The number of rotatable bonds is 2. The molecule has 5 nitrogen and oxygen atoms in total. The van der Waals surface area contributed by atoms with Gasteiger partial charge in [0.25, 0.3) is 5.91 Å². The second kappa shape index (κ2) is 5.40. The van der Waals surface area contributed by atoms with E-state index < -0.39 is 0 Å². The van der Waals surface area contributed by atoms with Crippen LogP contribution in [0.25, 0.3) is 0 Å². The summed E-state index contributed by atoms with van der Waals surface area (Å²) in [7, 11) is 0. The lowest BCUT2D eigenvalue weighted by Crippen LogP contribution is -2.46. The first-order chi connectivity index (χ1) is 9.70. The third-order valence-electron chi connectivity index (χ3n) is 4.68. The fraction of sp³-hybridized carbons (Fsp3) is 0.600. The van der Waals surface area contributed by atoms with E-state index in [1.165, 1.54) is 19.3 Å². The number of hydrazine groups is 1. The molecule has 0 aromatic carbocycles. The van der Waals surface area contributed by atoms with Crippen LogP contribution in [-0.4, -0.2) is 28.4 Å². The molecule has 1 aliphatic carbocycles. The molecular weight excluding hydrogens is 252 g/mol. The molecule has 2 heterocycles. The molecule has 1 aromatic heterocycles. The minimum Gasteiger partial charge on any atom is -0.335 e. The third kappa shape index (κ3) is 2.26. The van der Waals surface area contributed by atoms with Crippen molar-refractivity contribution in [1.29, 1.82) is 0 Å². The molecule has 5 heteroatoms. The number of nitrogens with two attached hydrogens (primary N) is 1. The van der Waals surface area contributed by atoms with Gasteiger partial charge in [0.2, 0.25) is 0 Å². The topological polar surface area (TPSA) is 71.2 Å². The van der Waals surface area contributed by atoms with Gasteiger partial charge in [-0.1, -0.05) is 6.42 Å². The fourth-order valence-electron chi connectivity index (χ4n) is 3.71. The summed E-state index contributed by atoms with van der Waals surface area (Å²) in [5, 5.41) is 0. The Morgan fingerprint density at radius 2 is 2.20 bits per heavy atom. The summed E-state index contributed by atoms with van der Waals surface area (Å²) in [6, 6.07) is 2.24. The van der Waals surface area contributed by atoms with Crippen molar-refractivity contribution in [2.45, 2.75) is 45.1 Å². The summed E-state index contributed by atoms with van der Waals surface area (Å²) < 4.78 is 0. The van der Waals surface area contributed by atoms with Crippen LogP contribution in [0.4, 0.5) is 5.69 Å². The molecule has 0 spiro atoms. The van der Waals surface area contributed by atoms with Gasteiger partial charge in [-0.15, -0.1) is 0 Å². The number of aryl methyl sites for hydroxylation is 1. The largest absolute Gasteiger partial charge is 0.335 e. The Morgan fingerprint density at radius 3 is 3.00 bits per heavy atom. The maximum Gasteiger partial charge on any atom is 0.257 e. The highest BCUT2D eigenvalue weighted by atomic mass is 16.2. The van der Waals surface area contributed by atoms with Crippen LogP contribution in [0.15, 0.2) is 12.3 Å². The maximum atomic E-state index is 12.8. The lowest BCUT2D eigenvalue weighted by molar-refractivity contribution is 0.0549. The van der Waals surface area contributed by atoms with Gasteiger partial charge >= 0.3 is 0 Å². The second-order valence-corrected chi connectivity index (χ2v) is 5.91. The number of piperidine rings is 1. The number of anilines is 1. The average Bonchev–Trinajstić information content (AvgIpc) is 2.94. The number of amides is 1. The van der Waals surface area contributed by atoms with Crippen molar-refractivity contribution in [2.75, 3.05) is 12.0 Å². The first-order valence-corrected chi connectivity index (χ1v) is 7.45. The van der Waals surface area contributed by atoms with Gasteiger partial charge in [-0.05, 0) is 44.6 Å². The van der Waals surface area contributed by atoms with Crippen molar-refractivity contribution < 1.29 is 4.79 Å². The van der Waals surface area contributed by atoms with Crippen LogP contribution in [0, 0.1) is 12.8 Å². The minimum atomic E-state index is 0.0713. The zero-order chi connectivity index (χ0) is 14.1. The van der Waals surface area contributed by atoms with Crippen LogP contribution in [0.5, 0.6) is 0 Å². The van der Waals surface area contributed by atoms with E-state index in [-0.39, 0.29) is 5.91 Å². The quantitative estimate of drug-likeness (QED) is 0.640. The summed E-state index contributed by atoms with van der Waals surface area (Å²) >= 11 is 0. The molecule has 1 aromatic rings. The van der Waals surface area contributed by atoms with Crippen molar-refractivity contribution >= 4 is 11.6 Å². The maximum absolute atomic E-state index is 12.8. The van der Waals surface area contributed by atoms with E-state index in [1.807, 2.05) is 17.9 Å². The summed E-state index contributed by atoms with van der Waals surface area (Å²) in [6.07, 6.45) is 7.67. The van der Waals surface area contributed by atoms with Crippen LogP contribution in [0.3, 0.4) is 0 Å². The number of nitrogen functional groups attached to an aromatic ring is 1. The zero-order valence-electron chi connectivity index (χ0n) is 11.9. The van der Waals surface area contributed by atoms with Crippen molar-refractivity contribution in [3.05, 3.63) is 23.5 Å². The molecule has 1 amide bonds. The highest BCUT2D eigenvalue weighted by molar-refractivity contribution is 5.99. The third-order valence-corrected chi connectivity index (χ3v) is 4.68. The molecule has 2 fully saturated rings. The van der Waals surface area contributed by atoms with Crippen molar-refractivity contribution in [1.82, 2.24) is 9.88 Å². The average molecular weight is 274 g/mol. The number of nitrogens with zero attached hydrogens (tertiary/aromatic N) is 2. The molecule has 2 unspecified atom stereocenters. The van der Waals surface area contributed by atoms with Crippen LogP contribution in [0.1, 0.15) is 48.2 Å². The van der Waals surface area contributed by atoms with Gasteiger partial charge in [0.1, 0.15) is 0 Å². The van der Waals surface area contributed by atoms with E-state index in [4.69, 9.17) is 5.84 Å². The zero-order valence-corrected chi connectivity index (χ0v) is 11.9. The predicted molar refractivity (Wildman–Crippen MR) is 78.2 cm³/mol. The van der Waals surface area contributed by atoms with Gasteiger partial charge in [-0.3, -0.25) is 15.6 Å². The normalized spacial score (nSPS) is 25.4. The Balaban J connectivity index is 1.88. The SMILES string of the molecule is Cc1cc(NN)c(C(=O)N2CCCC3CCCC32)cn1. The van der Waals surface area contributed by atoms with Gasteiger partial charge in [0, 0.05) is 24.5 Å². The fourth-order valence-corrected chi connectivity index (χ4v) is 3.71.